The number of aliphatic hydroxyl groups excluding tert-OH is 6. The first-order valence-corrected chi connectivity index (χ1v) is 12.5. The van der Waals surface area contributed by atoms with Gasteiger partial charge in [-0.1, -0.05) is 0 Å². The molecular formula is C21H41N5O11. The van der Waals surface area contributed by atoms with E-state index >= 15 is 0 Å². The molecule has 0 aromatic heterocycles. The van der Waals surface area contributed by atoms with E-state index in [9.17, 15) is 30.6 Å². The van der Waals surface area contributed by atoms with E-state index in [2.05, 4.69) is 5.32 Å². The van der Waals surface area contributed by atoms with Crippen molar-refractivity contribution in [2.45, 2.75) is 117 Å². The molecule has 0 aromatic carbocycles. The van der Waals surface area contributed by atoms with Gasteiger partial charge in [-0.05, 0) is 19.9 Å². The predicted molar refractivity (Wildman–Crippen MR) is 123 cm³/mol. The van der Waals surface area contributed by atoms with Crippen molar-refractivity contribution in [2.24, 2.45) is 22.9 Å². The van der Waals surface area contributed by atoms with Crippen LogP contribution in [0.15, 0.2) is 0 Å². The highest BCUT2D eigenvalue weighted by molar-refractivity contribution is 5.01. The van der Waals surface area contributed by atoms with E-state index in [-0.39, 0.29) is 12.8 Å². The summed E-state index contributed by atoms with van der Waals surface area (Å²) in [5, 5.41) is 64.7. The lowest BCUT2D eigenvalue weighted by molar-refractivity contribution is -0.373. The van der Waals surface area contributed by atoms with Crippen LogP contribution in [0.3, 0.4) is 0 Å². The maximum atomic E-state index is 11.1. The number of hydrogen-bond acceptors (Lipinski definition) is 16. The summed E-state index contributed by atoms with van der Waals surface area (Å²) < 4.78 is 29.2. The van der Waals surface area contributed by atoms with E-state index in [1.54, 1.807) is 7.05 Å². The Kier molecular flexibility index (Phi) is 9.40. The zero-order valence-corrected chi connectivity index (χ0v) is 20.5. The average molecular weight is 540 g/mol. The van der Waals surface area contributed by atoms with E-state index in [4.69, 9.17) is 46.6 Å². The molecule has 0 bridgehead atoms. The molecule has 4 aliphatic rings. The van der Waals surface area contributed by atoms with Crippen LogP contribution < -0.4 is 28.3 Å². The largest absolute Gasteiger partial charge is 0.394 e. The van der Waals surface area contributed by atoms with Gasteiger partial charge in [0.15, 0.2) is 18.9 Å². The average Bonchev–Trinajstić information content (AvgIpc) is 2.86. The number of hydrogen-bond donors (Lipinski definition) is 11. The molecular weight excluding hydrogens is 498 g/mol. The fourth-order valence-electron chi connectivity index (χ4n) is 5.46. The smallest absolute Gasteiger partial charge is 0.189 e. The quantitative estimate of drug-likeness (QED) is 0.149. The second-order valence-corrected chi connectivity index (χ2v) is 10.3. The van der Waals surface area contributed by atoms with Gasteiger partial charge in [-0.25, -0.2) is 0 Å². The lowest BCUT2D eigenvalue weighted by atomic mass is 9.84. The molecule has 4 rings (SSSR count). The summed E-state index contributed by atoms with van der Waals surface area (Å²) in [5.74, 6) is 0. The Morgan fingerprint density at radius 3 is 2.08 bits per heavy atom. The molecule has 0 spiro atoms. The van der Waals surface area contributed by atoms with E-state index in [0.29, 0.717) is 0 Å². The summed E-state index contributed by atoms with van der Waals surface area (Å²) in [7, 11) is 1.55. The molecule has 17 atom stereocenters. The van der Waals surface area contributed by atoms with Gasteiger partial charge in [0.05, 0.1) is 36.9 Å². The number of rotatable bonds is 6. The molecule has 216 valence electrons. The van der Waals surface area contributed by atoms with Crippen molar-refractivity contribution in [1.82, 2.24) is 5.32 Å². The van der Waals surface area contributed by atoms with E-state index in [0.717, 1.165) is 0 Å². The zero-order valence-electron chi connectivity index (χ0n) is 20.5. The first kappa shape index (κ1) is 29.3. The summed E-state index contributed by atoms with van der Waals surface area (Å²) in [6.07, 6.45) is -13.7. The van der Waals surface area contributed by atoms with Crippen molar-refractivity contribution in [3.8, 4) is 0 Å². The van der Waals surface area contributed by atoms with Crippen LogP contribution in [0.25, 0.3) is 0 Å². The van der Waals surface area contributed by atoms with E-state index in [1.165, 1.54) is 0 Å². The van der Waals surface area contributed by atoms with Gasteiger partial charge in [0, 0.05) is 12.1 Å². The Hall–Kier alpha value is -0.640. The second kappa shape index (κ2) is 11.8. The minimum Gasteiger partial charge on any atom is -0.394 e. The van der Waals surface area contributed by atoms with Gasteiger partial charge < -0.3 is 82.6 Å². The summed E-state index contributed by atoms with van der Waals surface area (Å²) >= 11 is 0. The number of nitrogens with two attached hydrogens (primary N) is 4. The molecule has 0 amide bonds. The van der Waals surface area contributed by atoms with Crippen LogP contribution in [0.1, 0.15) is 12.8 Å². The number of fused-ring (bicyclic) bond motifs is 1. The van der Waals surface area contributed by atoms with Gasteiger partial charge in [-0.2, -0.15) is 0 Å². The molecule has 3 saturated heterocycles. The highest BCUT2D eigenvalue weighted by Gasteiger charge is 2.54. The third kappa shape index (κ3) is 5.66. The highest BCUT2D eigenvalue weighted by atomic mass is 16.8. The lowest BCUT2D eigenvalue weighted by Crippen LogP contribution is -2.70. The van der Waals surface area contributed by atoms with Crippen LogP contribution in [0.2, 0.25) is 0 Å². The third-order valence-corrected chi connectivity index (χ3v) is 7.74. The third-order valence-electron chi connectivity index (χ3n) is 7.74. The molecule has 3 aliphatic heterocycles. The van der Waals surface area contributed by atoms with Gasteiger partial charge in [-0.3, -0.25) is 0 Å². The van der Waals surface area contributed by atoms with Crippen LogP contribution in [-0.4, -0.2) is 148 Å². The minimum atomic E-state index is -1.54. The van der Waals surface area contributed by atoms with Gasteiger partial charge in [-0.15, -0.1) is 0 Å². The van der Waals surface area contributed by atoms with Crippen molar-refractivity contribution in [3.63, 3.8) is 0 Å². The van der Waals surface area contributed by atoms with Gasteiger partial charge in [0.25, 0.3) is 0 Å². The Morgan fingerprint density at radius 2 is 1.43 bits per heavy atom. The SMILES string of the molecule is CN[C@H]1[C@H](O[C@@H]2O[C@@H](CO)[C@@H](N)[C@@H](O)[C@@H]2O)O[C@@H]2C[C@@H](N)[C@H](O[C@@H]3[C@@H](O)[C@H](O)[C@H](N)C[C@H]3N)O[C@@H]2[C@H]1O. The van der Waals surface area contributed by atoms with Crippen molar-refractivity contribution in [1.29, 1.82) is 0 Å². The Bertz CT molecular complexity index is 756. The summed E-state index contributed by atoms with van der Waals surface area (Å²) in [4.78, 5) is 0. The predicted octanol–water partition coefficient (Wildman–Crippen LogP) is -6.95. The molecule has 3 heterocycles. The van der Waals surface area contributed by atoms with Crippen molar-refractivity contribution >= 4 is 0 Å². The standard InChI is InChI=1S/C21H41N5O11/c1-26-11-14(30)18-8(33-20(11)37-21-16(32)13(29)10(25)9(4-27)34-21)3-7(24)19(36-18)35-17-6(23)2-5(22)12(28)15(17)31/h5-21,26-32H,2-4,22-25H2,1H3/t5-,6-,7-,8-,9+,10-,11-,12-,13-,14+,15+,16+,17+,18+,19-,20+,21+/m1/s1. The lowest BCUT2D eigenvalue weighted by Gasteiger charge is -2.51. The minimum absolute atomic E-state index is 0.156. The van der Waals surface area contributed by atoms with Gasteiger partial charge in [0.1, 0.15) is 42.7 Å². The molecule has 0 aromatic rings. The Morgan fingerprint density at radius 1 is 0.730 bits per heavy atom. The number of aliphatic hydroxyl groups is 6. The molecule has 15 N–H and O–H groups in total. The molecule has 16 nitrogen and oxygen atoms in total. The maximum absolute atomic E-state index is 11.1. The monoisotopic (exact) mass is 539 g/mol. The summed E-state index contributed by atoms with van der Waals surface area (Å²) in [6, 6.07) is -4.05. The van der Waals surface area contributed by atoms with Crippen LogP contribution in [0.5, 0.6) is 0 Å². The normalized spacial score (nSPS) is 55.1. The van der Waals surface area contributed by atoms with E-state index < -0.39 is 111 Å². The maximum Gasteiger partial charge on any atom is 0.189 e. The molecule has 0 radical (unpaired) electrons. The molecule has 4 fully saturated rings. The topological polar surface area (TPSA) is 284 Å². The van der Waals surface area contributed by atoms with Gasteiger partial charge >= 0.3 is 0 Å². The summed E-state index contributed by atoms with van der Waals surface area (Å²) in [5.41, 5.74) is 24.0. The van der Waals surface area contributed by atoms with Crippen LogP contribution >= 0.6 is 0 Å². The summed E-state index contributed by atoms with van der Waals surface area (Å²) in [6.45, 7) is -0.508. The molecule has 16 heteroatoms. The Labute approximate surface area is 213 Å². The molecule has 0 unspecified atom stereocenters. The fraction of sp³-hybridized carbons (Fsp3) is 1.00. The first-order valence-electron chi connectivity index (χ1n) is 12.5. The van der Waals surface area contributed by atoms with Crippen molar-refractivity contribution < 1.29 is 54.3 Å². The zero-order chi connectivity index (χ0) is 27.2. The van der Waals surface area contributed by atoms with E-state index in [1.807, 2.05) is 0 Å². The highest BCUT2D eigenvalue weighted by Crippen LogP contribution is 2.35. The molecule has 1 saturated carbocycles. The number of likely N-dealkylation sites (N-methyl/N-ethyl adjacent to an activating group) is 1. The van der Waals surface area contributed by atoms with Gasteiger partial charge in [0.2, 0.25) is 0 Å². The fourth-order valence-corrected chi connectivity index (χ4v) is 5.46. The number of ether oxygens (including phenoxy) is 5. The van der Waals surface area contributed by atoms with Crippen molar-refractivity contribution in [2.75, 3.05) is 13.7 Å². The van der Waals surface area contributed by atoms with Crippen LogP contribution in [0.4, 0.5) is 0 Å². The van der Waals surface area contributed by atoms with Crippen LogP contribution in [0, 0.1) is 0 Å². The number of nitrogens with one attached hydrogen (secondary N) is 1. The Balaban J connectivity index is 1.43. The van der Waals surface area contributed by atoms with Crippen LogP contribution in [-0.2, 0) is 23.7 Å². The molecule has 1 aliphatic carbocycles. The van der Waals surface area contributed by atoms with Crippen molar-refractivity contribution in [3.05, 3.63) is 0 Å². The second-order valence-electron chi connectivity index (χ2n) is 10.3. The first-order chi connectivity index (χ1) is 17.5. The molecule has 37 heavy (non-hydrogen) atoms.